The second-order valence-electron chi connectivity index (χ2n) is 4.60. The molecule has 106 valence electrons. The summed E-state index contributed by atoms with van der Waals surface area (Å²) in [5.41, 5.74) is 8.71. The number of nitriles is 1. The average molecular weight is 282 g/mol. The topological polar surface area (TPSA) is 96.3 Å². The van der Waals surface area contributed by atoms with Gasteiger partial charge in [-0.2, -0.15) is 5.26 Å². The van der Waals surface area contributed by atoms with Crippen LogP contribution in [0, 0.1) is 18.3 Å². The van der Waals surface area contributed by atoms with E-state index in [4.69, 9.17) is 20.8 Å². The second kappa shape index (κ2) is 5.97. The van der Waals surface area contributed by atoms with Gasteiger partial charge in [-0.3, -0.25) is 0 Å². The van der Waals surface area contributed by atoms with Gasteiger partial charge in [0.05, 0.1) is 22.9 Å². The van der Waals surface area contributed by atoms with Crippen LogP contribution in [0.4, 0.5) is 5.69 Å². The summed E-state index contributed by atoms with van der Waals surface area (Å²) in [6.07, 6.45) is 0. The van der Waals surface area contributed by atoms with Crippen molar-refractivity contribution in [1.82, 2.24) is 0 Å². The molecule has 0 spiro atoms. The lowest BCUT2D eigenvalue weighted by atomic mass is 10.1. The number of nitrogens with zero attached hydrogens (tertiary/aromatic N) is 1. The molecule has 0 radical (unpaired) electrons. The summed E-state index contributed by atoms with van der Waals surface area (Å²) in [5, 5.41) is 17.8. The molecule has 0 heterocycles. The number of aromatic carboxylic acids is 1. The average Bonchev–Trinajstić information content (AvgIpc) is 2.47. The highest BCUT2D eigenvalue weighted by molar-refractivity contribution is 5.89. The zero-order valence-electron chi connectivity index (χ0n) is 11.5. The van der Waals surface area contributed by atoms with Crippen LogP contribution in [-0.4, -0.2) is 11.1 Å². The Morgan fingerprint density at radius 3 is 2.71 bits per heavy atom. The van der Waals surface area contributed by atoms with E-state index in [1.54, 1.807) is 12.1 Å². The Labute approximate surface area is 122 Å². The molecule has 21 heavy (non-hydrogen) atoms. The molecule has 0 aliphatic carbocycles. The van der Waals surface area contributed by atoms with Gasteiger partial charge < -0.3 is 15.6 Å². The van der Waals surface area contributed by atoms with E-state index in [1.165, 1.54) is 18.2 Å². The normalized spacial score (nSPS) is 9.90. The van der Waals surface area contributed by atoms with Crippen molar-refractivity contribution in [3.8, 4) is 11.8 Å². The first-order chi connectivity index (χ1) is 10.0. The lowest BCUT2D eigenvalue weighted by Crippen LogP contribution is -2.03. The van der Waals surface area contributed by atoms with Gasteiger partial charge >= 0.3 is 5.97 Å². The third-order valence-electron chi connectivity index (χ3n) is 3.12. The molecule has 0 bridgehead atoms. The summed E-state index contributed by atoms with van der Waals surface area (Å²) in [6, 6.07) is 11.7. The molecular weight excluding hydrogens is 268 g/mol. The molecule has 5 nitrogen and oxygen atoms in total. The molecule has 0 aliphatic rings. The molecule has 2 aromatic carbocycles. The van der Waals surface area contributed by atoms with Gasteiger partial charge in [-0.05, 0) is 48.4 Å². The molecule has 0 saturated carbocycles. The smallest absolute Gasteiger partial charge is 0.335 e. The second-order valence-corrected chi connectivity index (χ2v) is 4.60. The SMILES string of the molecule is Cc1cc(C#N)ccc1COc1cc(C(=O)O)ccc1N. The lowest BCUT2D eigenvalue weighted by molar-refractivity contribution is 0.0696. The summed E-state index contributed by atoms with van der Waals surface area (Å²) < 4.78 is 5.60. The Morgan fingerprint density at radius 2 is 2.10 bits per heavy atom. The van der Waals surface area contributed by atoms with Gasteiger partial charge in [0.1, 0.15) is 12.4 Å². The number of hydrogen-bond acceptors (Lipinski definition) is 4. The van der Waals surface area contributed by atoms with Gasteiger partial charge in [0.15, 0.2) is 0 Å². The molecule has 0 aromatic heterocycles. The molecular formula is C16H14N2O3. The van der Waals surface area contributed by atoms with Crippen molar-refractivity contribution in [2.24, 2.45) is 0 Å². The largest absolute Gasteiger partial charge is 0.487 e. The number of hydrogen-bond donors (Lipinski definition) is 2. The summed E-state index contributed by atoms with van der Waals surface area (Å²) in [4.78, 5) is 10.9. The van der Waals surface area contributed by atoms with Gasteiger partial charge in [-0.15, -0.1) is 0 Å². The zero-order valence-corrected chi connectivity index (χ0v) is 11.5. The maximum atomic E-state index is 10.9. The fourth-order valence-corrected chi connectivity index (χ4v) is 1.88. The summed E-state index contributed by atoms with van der Waals surface area (Å²) in [5.74, 6) is -0.701. The van der Waals surface area contributed by atoms with E-state index in [2.05, 4.69) is 6.07 Å². The predicted octanol–water partition coefficient (Wildman–Crippen LogP) is 2.73. The minimum Gasteiger partial charge on any atom is -0.487 e. The Bertz CT molecular complexity index is 733. The highest BCUT2D eigenvalue weighted by atomic mass is 16.5. The number of nitrogen functional groups attached to an aromatic ring is 1. The van der Waals surface area contributed by atoms with Crippen LogP contribution in [0.2, 0.25) is 0 Å². The van der Waals surface area contributed by atoms with Crippen LogP contribution < -0.4 is 10.5 Å². The molecule has 0 amide bonds. The molecule has 0 unspecified atom stereocenters. The van der Waals surface area contributed by atoms with Crippen LogP contribution in [0.3, 0.4) is 0 Å². The molecule has 0 fully saturated rings. The highest BCUT2D eigenvalue weighted by Crippen LogP contribution is 2.24. The number of aryl methyl sites for hydroxylation is 1. The van der Waals surface area contributed by atoms with Crippen molar-refractivity contribution < 1.29 is 14.6 Å². The summed E-state index contributed by atoms with van der Waals surface area (Å²) in [7, 11) is 0. The van der Waals surface area contributed by atoms with Crippen LogP contribution >= 0.6 is 0 Å². The van der Waals surface area contributed by atoms with Crippen LogP contribution in [0.25, 0.3) is 0 Å². The molecule has 0 saturated heterocycles. The van der Waals surface area contributed by atoms with Gasteiger partial charge in [-0.25, -0.2) is 4.79 Å². The summed E-state index contributed by atoms with van der Waals surface area (Å²) in [6.45, 7) is 2.14. The predicted molar refractivity (Wildman–Crippen MR) is 78.0 cm³/mol. The quantitative estimate of drug-likeness (QED) is 0.840. The first kappa shape index (κ1) is 14.4. The highest BCUT2D eigenvalue weighted by Gasteiger charge is 2.08. The van der Waals surface area contributed by atoms with E-state index < -0.39 is 5.97 Å². The minimum atomic E-state index is -1.03. The van der Waals surface area contributed by atoms with Crippen LogP contribution in [0.1, 0.15) is 27.0 Å². The molecule has 0 atom stereocenters. The number of carboxylic acid groups (broad SMARTS) is 1. The maximum Gasteiger partial charge on any atom is 0.335 e. The van der Waals surface area contributed by atoms with Crippen molar-refractivity contribution >= 4 is 11.7 Å². The Kier molecular flexibility index (Phi) is 4.10. The Morgan fingerprint density at radius 1 is 1.33 bits per heavy atom. The lowest BCUT2D eigenvalue weighted by Gasteiger charge is -2.11. The number of ether oxygens (including phenoxy) is 1. The van der Waals surface area contributed by atoms with E-state index >= 15 is 0 Å². The zero-order chi connectivity index (χ0) is 15.4. The van der Waals surface area contributed by atoms with Crippen molar-refractivity contribution in [3.05, 3.63) is 58.7 Å². The number of rotatable bonds is 4. The minimum absolute atomic E-state index is 0.121. The molecule has 3 N–H and O–H groups in total. The van der Waals surface area contributed by atoms with E-state index in [0.29, 0.717) is 17.0 Å². The monoisotopic (exact) mass is 282 g/mol. The van der Waals surface area contributed by atoms with Crippen molar-refractivity contribution in [2.45, 2.75) is 13.5 Å². The standard InChI is InChI=1S/C16H14N2O3/c1-10-6-11(8-17)2-3-13(10)9-21-15-7-12(16(19)20)4-5-14(15)18/h2-7H,9,18H2,1H3,(H,19,20). The van der Waals surface area contributed by atoms with E-state index in [1.807, 2.05) is 13.0 Å². The molecule has 2 rings (SSSR count). The summed E-state index contributed by atoms with van der Waals surface area (Å²) >= 11 is 0. The van der Waals surface area contributed by atoms with Crippen LogP contribution in [0.5, 0.6) is 5.75 Å². The molecule has 2 aromatic rings. The third kappa shape index (κ3) is 3.31. The third-order valence-corrected chi connectivity index (χ3v) is 3.12. The fraction of sp³-hybridized carbons (Fsp3) is 0.125. The maximum absolute atomic E-state index is 10.9. The number of carboxylic acids is 1. The van der Waals surface area contributed by atoms with Gasteiger partial charge in [0.2, 0.25) is 0 Å². The fourth-order valence-electron chi connectivity index (χ4n) is 1.88. The number of nitrogens with two attached hydrogens (primary N) is 1. The van der Waals surface area contributed by atoms with Crippen molar-refractivity contribution in [3.63, 3.8) is 0 Å². The number of carbonyl (C=O) groups is 1. The Hall–Kier alpha value is -3.00. The van der Waals surface area contributed by atoms with Crippen molar-refractivity contribution in [1.29, 1.82) is 5.26 Å². The first-order valence-electron chi connectivity index (χ1n) is 6.26. The van der Waals surface area contributed by atoms with Crippen LogP contribution in [-0.2, 0) is 6.61 Å². The van der Waals surface area contributed by atoms with E-state index in [9.17, 15) is 4.79 Å². The van der Waals surface area contributed by atoms with E-state index in [0.717, 1.165) is 11.1 Å². The van der Waals surface area contributed by atoms with Gasteiger partial charge in [-0.1, -0.05) is 6.07 Å². The van der Waals surface area contributed by atoms with Gasteiger partial charge in [0.25, 0.3) is 0 Å². The number of benzene rings is 2. The number of anilines is 1. The first-order valence-corrected chi connectivity index (χ1v) is 6.26. The molecule has 0 aliphatic heterocycles. The van der Waals surface area contributed by atoms with Gasteiger partial charge in [0, 0.05) is 0 Å². The molecule has 5 heteroatoms. The van der Waals surface area contributed by atoms with Crippen molar-refractivity contribution in [2.75, 3.05) is 5.73 Å². The van der Waals surface area contributed by atoms with Crippen LogP contribution in [0.15, 0.2) is 36.4 Å². The Balaban J connectivity index is 2.18. The van der Waals surface area contributed by atoms with E-state index in [-0.39, 0.29) is 12.2 Å².